The number of carbonyl (C=O) groups excluding carboxylic acids is 2. The molecular weight excluding hydrogens is 366 g/mol. The SMILES string of the molecule is CC(=O)Nc1ccc(OC[C@](C)(O)C(=O)Nc2ccc(C)c([N+](=O)[O-])c2)cc1. The number of benzene rings is 2. The number of anilines is 2. The molecule has 1 atom stereocenters. The monoisotopic (exact) mass is 387 g/mol. The fourth-order valence-corrected chi connectivity index (χ4v) is 2.28. The van der Waals surface area contributed by atoms with Gasteiger partial charge >= 0.3 is 0 Å². The molecule has 2 rings (SSSR count). The molecule has 9 heteroatoms. The predicted molar refractivity (Wildman–Crippen MR) is 103 cm³/mol. The Morgan fingerprint density at radius 3 is 2.32 bits per heavy atom. The van der Waals surface area contributed by atoms with E-state index in [2.05, 4.69) is 10.6 Å². The van der Waals surface area contributed by atoms with Gasteiger partial charge in [-0.3, -0.25) is 19.7 Å². The van der Waals surface area contributed by atoms with E-state index >= 15 is 0 Å². The van der Waals surface area contributed by atoms with E-state index in [0.717, 1.165) is 0 Å². The van der Waals surface area contributed by atoms with Crippen LogP contribution in [-0.4, -0.2) is 34.1 Å². The van der Waals surface area contributed by atoms with Crippen molar-refractivity contribution >= 4 is 28.9 Å². The van der Waals surface area contributed by atoms with Crippen LogP contribution in [0.4, 0.5) is 17.1 Å². The van der Waals surface area contributed by atoms with Crippen molar-refractivity contribution < 1.29 is 24.4 Å². The van der Waals surface area contributed by atoms with Gasteiger partial charge in [-0.05, 0) is 44.2 Å². The van der Waals surface area contributed by atoms with Crippen LogP contribution in [0.1, 0.15) is 19.4 Å². The van der Waals surface area contributed by atoms with E-state index in [1.807, 2.05) is 0 Å². The summed E-state index contributed by atoms with van der Waals surface area (Å²) >= 11 is 0. The number of amides is 2. The van der Waals surface area contributed by atoms with Crippen LogP contribution in [0.5, 0.6) is 5.75 Å². The minimum Gasteiger partial charge on any atom is -0.490 e. The van der Waals surface area contributed by atoms with E-state index in [0.29, 0.717) is 17.0 Å². The fraction of sp³-hybridized carbons (Fsp3) is 0.263. The van der Waals surface area contributed by atoms with Gasteiger partial charge in [-0.1, -0.05) is 6.07 Å². The average Bonchev–Trinajstić information content (AvgIpc) is 2.62. The van der Waals surface area contributed by atoms with E-state index in [4.69, 9.17) is 4.74 Å². The van der Waals surface area contributed by atoms with Crippen molar-refractivity contribution in [3.8, 4) is 5.75 Å². The second kappa shape index (κ2) is 8.49. The maximum atomic E-state index is 12.3. The number of ether oxygens (including phenoxy) is 1. The highest BCUT2D eigenvalue weighted by atomic mass is 16.6. The van der Waals surface area contributed by atoms with Crippen molar-refractivity contribution in [1.82, 2.24) is 0 Å². The normalized spacial score (nSPS) is 12.6. The number of aliphatic hydroxyl groups is 1. The van der Waals surface area contributed by atoms with Gasteiger partial charge in [0.1, 0.15) is 12.4 Å². The Hall–Kier alpha value is -3.46. The van der Waals surface area contributed by atoms with Gasteiger partial charge in [-0.15, -0.1) is 0 Å². The summed E-state index contributed by atoms with van der Waals surface area (Å²) in [6.07, 6.45) is 0. The second-order valence-electron chi connectivity index (χ2n) is 6.48. The third-order valence-electron chi connectivity index (χ3n) is 3.85. The lowest BCUT2D eigenvalue weighted by molar-refractivity contribution is -0.385. The number of aryl methyl sites for hydroxylation is 1. The molecule has 0 unspecified atom stereocenters. The van der Waals surface area contributed by atoms with Crippen LogP contribution >= 0.6 is 0 Å². The minimum atomic E-state index is -1.88. The summed E-state index contributed by atoms with van der Waals surface area (Å²) < 4.78 is 5.44. The number of rotatable bonds is 7. The quantitative estimate of drug-likeness (QED) is 0.494. The highest BCUT2D eigenvalue weighted by molar-refractivity contribution is 5.97. The molecule has 0 bridgehead atoms. The summed E-state index contributed by atoms with van der Waals surface area (Å²) in [7, 11) is 0. The van der Waals surface area contributed by atoms with Crippen LogP contribution in [0.15, 0.2) is 42.5 Å². The lowest BCUT2D eigenvalue weighted by Gasteiger charge is -2.22. The number of hydrogen-bond acceptors (Lipinski definition) is 6. The Morgan fingerprint density at radius 2 is 1.75 bits per heavy atom. The van der Waals surface area contributed by atoms with Gasteiger partial charge in [0.25, 0.3) is 11.6 Å². The molecule has 9 nitrogen and oxygen atoms in total. The van der Waals surface area contributed by atoms with Gasteiger partial charge in [0.05, 0.1) is 4.92 Å². The van der Waals surface area contributed by atoms with Crippen LogP contribution in [0.3, 0.4) is 0 Å². The van der Waals surface area contributed by atoms with Crippen molar-refractivity contribution in [3.05, 3.63) is 58.1 Å². The largest absolute Gasteiger partial charge is 0.490 e. The lowest BCUT2D eigenvalue weighted by atomic mass is 10.1. The van der Waals surface area contributed by atoms with Gasteiger partial charge in [0.2, 0.25) is 5.91 Å². The molecular formula is C19H21N3O6. The van der Waals surface area contributed by atoms with E-state index in [1.54, 1.807) is 31.2 Å². The molecule has 0 saturated heterocycles. The zero-order valence-corrected chi connectivity index (χ0v) is 15.7. The van der Waals surface area contributed by atoms with Gasteiger partial charge < -0.3 is 20.5 Å². The van der Waals surface area contributed by atoms with Gasteiger partial charge in [0.15, 0.2) is 5.60 Å². The molecule has 0 aliphatic heterocycles. The molecule has 0 aliphatic rings. The van der Waals surface area contributed by atoms with Crippen molar-refractivity contribution in [2.24, 2.45) is 0 Å². The number of nitro groups is 1. The first-order chi connectivity index (χ1) is 13.1. The Bertz CT molecular complexity index is 893. The molecule has 148 valence electrons. The van der Waals surface area contributed by atoms with Gasteiger partial charge in [0, 0.05) is 29.9 Å². The zero-order chi connectivity index (χ0) is 20.9. The topological polar surface area (TPSA) is 131 Å². The van der Waals surface area contributed by atoms with Crippen molar-refractivity contribution in [2.75, 3.05) is 17.2 Å². The van der Waals surface area contributed by atoms with Crippen molar-refractivity contribution in [2.45, 2.75) is 26.4 Å². The Labute approximate surface area is 161 Å². The minimum absolute atomic E-state index is 0.132. The number of nitrogens with zero attached hydrogens (tertiary/aromatic N) is 1. The molecule has 0 aliphatic carbocycles. The first-order valence-electron chi connectivity index (χ1n) is 8.38. The summed E-state index contributed by atoms with van der Waals surface area (Å²) in [6, 6.07) is 10.7. The first-order valence-corrected chi connectivity index (χ1v) is 8.38. The summed E-state index contributed by atoms with van der Waals surface area (Å²) in [4.78, 5) is 33.8. The molecule has 0 spiro atoms. The third kappa shape index (κ3) is 5.52. The molecule has 2 aromatic carbocycles. The maximum Gasteiger partial charge on any atom is 0.274 e. The van der Waals surface area contributed by atoms with Crippen LogP contribution < -0.4 is 15.4 Å². The summed E-state index contributed by atoms with van der Waals surface area (Å²) in [5.74, 6) is -0.571. The molecule has 0 fully saturated rings. The standard InChI is InChI=1S/C19H21N3O6/c1-12-4-5-15(10-17(12)22(26)27)21-18(24)19(3,25)11-28-16-8-6-14(7-9-16)20-13(2)23/h4-10,25H,11H2,1-3H3,(H,20,23)(H,21,24)/t19-/m0/s1. The summed E-state index contributed by atoms with van der Waals surface area (Å²) in [5.41, 5.74) is -0.767. The van der Waals surface area contributed by atoms with Crippen molar-refractivity contribution in [3.63, 3.8) is 0 Å². The van der Waals surface area contributed by atoms with Gasteiger partial charge in [-0.25, -0.2) is 0 Å². The van der Waals surface area contributed by atoms with E-state index in [9.17, 15) is 24.8 Å². The fourth-order valence-electron chi connectivity index (χ4n) is 2.28. The van der Waals surface area contributed by atoms with Crippen LogP contribution in [0.25, 0.3) is 0 Å². The Kier molecular flexibility index (Phi) is 6.32. The van der Waals surface area contributed by atoms with Gasteiger partial charge in [-0.2, -0.15) is 0 Å². The van der Waals surface area contributed by atoms with E-state index in [-0.39, 0.29) is 23.9 Å². The van der Waals surface area contributed by atoms with E-state index in [1.165, 1.54) is 32.0 Å². The zero-order valence-electron chi connectivity index (χ0n) is 15.7. The highest BCUT2D eigenvalue weighted by Gasteiger charge is 2.32. The summed E-state index contributed by atoms with van der Waals surface area (Å²) in [5, 5.41) is 26.4. The number of nitro benzene ring substituents is 1. The average molecular weight is 387 g/mol. The lowest BCUT2D eigenvalue weighted by Crippen LogP contribution is -2.45. The maximum absolute atomic E-state index is 12.3. The van der Waals surface area contributed by atoms with E-state index < -0.39 is 16.4 Å². The molecule has 0 saturated carbocycles. The smallest absolute Gasteiger partial charge is 0.274 e. The molecule has 2 amide bonds. The molecule has 28 heavy (non-hydrogen) atoms. The van der Waals surface area contributed by atoms with Crippen LogP contribution in [0, 0.1) is 17.0 Å². The third-order valence-corrected chi connectivity index (χ3v) is 3.85. The predicted octanol–water partition coefficient (Wildman–Crippen LogP) is 2.63. The summed E-state index contributed by atoms with van der Waals surface area (Å²) in [6.45, 7) is 3.91. The number of hydrogen-bond donors (Lipinski definition) is 3. The van der Waals surface area contributed by atoms with Crippen LogP contribution in [-0.2, 0) is 9.59 Å². The number of carbonyl (C=O) groups is 2. The highest BCUT2D eigenvalue weighted by Crippen LogP contribution is 2.23. The first kappa shape index (κ1) is 20.8. The molecule has 0 heterocycles. The molecule has 2 aromatic rings. The molecule has 3 N–H and O–H groups in total. The van der Waals surface area contributed by atoms with Crippen LogP contribution in [0.2, 0.25) is 0 Å². The number of nitrogens with one attached hydrogen (secondary N) is 2. The molecule has 0 aromatic heterocycles. The molecule has 0 radical (unpaired) electrons. The van der Waals surface area contributed by atoms with Crippen molar-refractivity contribution in [1.29, 1.82) is 0 Å². The second-order valence-corrected chi connectivity index (χ2v) is 6.48. The Balaban J connectivity index is 2.00. The Morgan fingerprint density at radius 1 is 1.14 bits per heavy atom.